The molecule has 0 bridgehead atoms. The summed E-state index contributed by atoms with van der Waals surface area (Å²) in [5.41, 5.74) is 13.5. The van der Waals surface area contributed by atoms with Crippen LogP contribution in [0, 0.1) is 5.82 Å². The van der Waals surface area contributed by atoms with Gasteiger partial charge in [0.15, 0.2) is 0 Å². The van der Waals surface area contributed by atoms with Crippen molar-refractivity contribution in [3.8, 4) is 11.1 Å². The zero-order valence-corrected chi connectivity index (χ0v) is 13.3. The summed E-state index contributed by atoms with van der Waals surface area (Å²) in [5, 5.41) is 0. The van der Waals surface area contributed by atoms with Crippen LogP contribution in [0.25, 0.3) is 11.1 Å². The number of piperidine rings is 1. The van der Waals surface area contributed by atoms with Crippen LogP contribution < -0.4 is 11.5 Å². The number of carbonyl (C=O) groups is 1. The average Bonchev–Trinajstić information content (AvgIpc) is 2.56. The van der Waals surface area contributed by atoms with Gasteiger partial charge in [0.05, 0.1) is 18.3 Å². The maximum atomic E-state index is 13.2. The minimum Gasteiger partial charge on any atom is -0.369 e. The first-order valence-electron chi connectivity index (χ1n) is 7.95. The largest absolute Gasteiger partial charge is 0.369 e. The number of hydrogen-bond donors (Lipinski definition) is 2. The number of nitrogens with zero attached hydrogens (tertiary/aromatic N) is 3. The van der Waals surface area contributed by atoms with E-state index < -0.39 is 0 Å². The fourth-order valence-corrected chi connectivity index (χ4v) is 3.21. The molecule has 1 aromatic heterocycles. The highest BCUT2D eigenvalue weighted by atomic mass is 19.1. The second kappa shape index (κ2) is 6.92. The molecule has 4 N–H and O–H groups in total. The Kier molecular flexibility index (Phi) is 4.71. The molecule has 24 heavy (non-hydrogen) atoms. The first-order valence-corrected chi connectivity index (χ1v) is 7.95. The average molecular weight is 329 g/mol. The molecule has 7 heteroatoms. The van der Waals surface area contributed by atoms with E-state index in [2.05, 4.69) is 9.97 Å². The molecule has 3 rings (SSSR count). The standard InChI is InChI=1S/C17H20FN5O/c18-12-6-4-11(5-7-12)13-9-21-17(20)22-16(13)14-3-1-2-8-23(14)10-15(19)24/h4-7,9,14H,1-3,8,10H2,(H2,19,24)(H2,20,21,22). The van der Waals surface area contributed by atoms with Crippen LogP contribution in [0.5, 0.6) is 0 Å². The van der Waals surface area contributed by atoms with Gasteiger partial charge in [-0.05, 0) is 37.1 Å². The molecule has 2 aromatic rings. The van der Waals surface area contributed by atoms with E-state index in [1.807, 2.05) is 4.90 Å². The second-order valence-corrected chi connectivity index (χ2v) is 5.98. The highest BCUT2D eigenvalue weighted by Gasteiger charge is 2.28. The molecule has 1 aliphatic rings. The molecule has 0 aliphatic carbocycles. The first kappa shape index (κ1) is 16.3. The van der Waals surface area contributed by atoms with Gasteiger partial charge in [-0.15, -0.1) is 0 Å². The Morgan fingerprint density at radius 2 is 2.04 bits per heavy atom. The fraction of sp³-hybridized carbons (Fsp3) is 0.353. The molecule has 126 valence electrons. The zero-order valence-electron chi connectivity index (χ0n) is 13.3. The SMILES string of the molecule is NC(=O)CN1CCCCC1c1nc(N)ncc1-c1ccc(F)cc1. The number of anilines is 1. The summed E-state index contributed by atoms with van der Waals surface area (Å²) in [6.45, 7) is 0.956. The molecule has 1 fully saturated rings. The molecule has 1 aliphatic heterocycles. The van der Waals surface area contributed by atoms with Crippen molar-refractivity contribution >= 4 is 11.9 Å². The number of aromatic nitrogens is 2. The van der Waals surface area contributed by atoms with E-state index in [9.17, 15) is 9.18 Å². The Balaban J connectivity index is 2.03. The molecule has 6 nitrogen and oxygen atoms in total. The van der Waals surface area contributed by atoms with Crippen LogP contribution in [0.4, 0.5) is 10.3 Å². The number of primary amides is 1. The third-order valence-corrected chi connectivity index (χ3v) is 4.28. The lowest BCUT2D eigenvalue weighted by Crippen LogP contribution is -2.40. The maximum absolute atomic E-state index is 13.2. The van der Waals surface area contributed by atoms with Crippen molar-refractivity contribution in [2.45, 2.75) is 25.3 Å². The molecule has 1 amide bonds. The number of hydrogen-bond acceptors (Lipinski definition) is 5. The van der Waals surface area contributed by atoms with E-state index in [1.54, 1.807) is 18.3 Å². The molecular formula is C17H20FN5O. The highest BCUT2D eigenvalue weighted by molar-refractivity contribution is 5.76. The summed E-state index contributed by atoms with van der Waals surface area (Å²) in [7, 11) is 0. The van der Waals surface area contributed by atoms with Crippen molar-refractivity contribution in [3.63, 3.8) is 0 Å². The Morgan fingerprint density at radius 1 is 1.29 bits per heavy atom. The Bertz CT molecular complexity index is 734. The summed E-state index contributed by atoms with van der Waals surface area (Å²) in [6.07, 6.45) is 4.56. The van der Waals surface area contributed by atoms with Gasteiger partial charge in [0.2, 0.25) is 11.9 Å². The van der Waals surface area contributed by atoms with Crippen molar-refractivity contribution in [2.75, 3.05) is 18.8 Å². The lowest BCUT2D eigenvalue weighted by atomic mass is 9.94. The topological polar surface area (TPSA) is 98.1 Å². The molecule has 2 heterocycles. The Hall–Kier alpha value is -2.54. The van der Waals surface area contributed by atoms with Crippen molar-refractivity contribution in [1.82, 2.24) is 14.9 Å². The lowest BCUT2D eigenvalue weighted by Gasteiger charge is -2.35. The summed E-state index contributed by atoms with van der Waals surface area (Å²) in [6, 6.07) is 6.12. The van der Waals surface area contributed by atoms with Gasteiger partial charge >= 0.3 is 0 Å². The van der Waals surface area contributed by atoms with E-state index in [0.29, 0.717) is 0 Å². The van der Waals surface area contributed by atoms with Gasteiger partial charge in [-0.25, -0.2) is 14.4 Å². The van der Waals surface area contributed by atoms with E-state index in [0.717, 1.165) is 42.6 Å². The number of carbonyl (C=O) groups excluding carboxylic acids is 1. The first-order chi connectivity index (χ1) is 11.5. The van der Waals surface area contributed by atoms with E-state index >= 15 is 0 Å². The molecule has 1 unspecified atom stereocenters. The lowest BCUT2D eigenvalue weighted by molar-refractivity contribution is -0.120. The van der Waals surface area contributed by atoms with Gasteiger partial charge in [0, 0.05) is 11.8 Å². The van der Waals surface area contributed by atoms with Crippen LogP contribution in [-0.2, 0) is 4.79 Å². The van der Waals surface area contributed by atoms with Crippen molar-refractivity contribution in [2.24, 2.45) is 5.73 Å². The Morgan fingerprint density at radius 3 is 2.75 bits per heavy atom. The number of nitrogen functional groups attached to an aromatic ring is 1. The van der Waals surface area contributed by atoms with Crippen molar-refractivity contribution in [1.29, 1.82) is 0 Å². The van der Waals surface area contributed by atoms with Crippen molar-refractivity contribution in [3.05, 3.63) is 42.0 Å². The van der Waals surface area contributed by atoms with Crippen molar-refractivity contribution < 1.29 is 9.18 Å². The van der Waals surface area contributed by atoms with Gasteiger partial charge in [0.1, 0.15) is 5.82 Å². The van der Waals surface area contributed by atoms with Crippen LogP contribution in [0.15, 0.2) is 30.5 Å². The summed E-state index contributed by atoms with van der Waals surface area (Å²) in [5.74, 6) is -0.489. The van der Waals surface area contributed by atoms with Crippen LogP contribution in [-0.4, -0.2) is 33.9 Å². The minimum absolute atomic E-state index is 0.0587. The number of nitrogens with two attached hydrogens (primary N) is 2. The molecular weight excluding hydrogens is 309 g/mol. The van der Waals surface area contributed by atoms with Gasteiger partial charge in [-0.2, -0.15) is 0 Å². The molecule has 0 saturated carbocycles. The number of benzene rings is 1. The number of likely N-dealkylation sites (tertiary alicyclic amines) is 1. The highest BCUT2D eigenvalue weighted by Crippen LogP contribution is 2.35. The summed E-state index contributed by atoms with van der Waals surface area (Å²) < 4.78 is 13.2. The van der Waals surface area contributed by atoms with Gasteiger partial charge < -0.3 is 11.5 Å². The van der Waals surface area contributed by atoms with E-state index in [-0.39, 0.29) is 30.3 Å². The van der Waals surface area contributed by atoms with Gasteiger partial charge in [-0.1, -0.05) is 18.6 Å². The zero-order chi connectivity index (χ0) is 17.1. The summed E-state index contributed by atoms with van der Waals surface area (Å²) in [4.78, 5) is 21.9. The van der Waals surface area contributed by atoms with Crippen LogP contribution >= 0.6 is 0 Å². The molecule has 1 atom stereocenters. The maximum Gasteiger partial charge on any atom is 0.231 e. The van der Waals surface area contributed by atoms with Crippen LogP contribution in [0.2, 0.25) is 0 Å². The molecule has 1 aromatic carbocycles. The predicted octanol–water partition coefficient (Wildman–Crippen LogP) is 1.88. The molecule has 0 radical (unpaired) electrons. The van der Waals surface area contributed by atoms with E-state index in [4.69, 9.17) is 11.5 Å². The van der Waals surface area contributed by atoms with Gasteiger partial charge in [0.25, 0.3) is 0 Å². The number of rotatable bonds is 4. The number of amides is 1. The van der Waals surface area contributed by atoms with Crippen LogP contribution in [0.3, 0.4) is 0 Å². The molecule has 1 saturated heterocycles. The summed E-state index contributed by atoms with van der Waals surface area (Å²) >= 11 is 0. The monoisotopic (exact) mass is 329 g/mol. The number of halogens is 1. The second-order valence-electron chi connectivity index (χ2n) is 5.98. The smallest absolute Gasteiger partial charge is 0.231 e. The third-order valence-electron chi connectivity index (χ3n) is 4.28. The predicted molar refractivity (Wildman–Crippen MR) is 89.2 cm³/mol. The van der Waals surface area contributed by atoms with Gasteiger partial charge in [-0.3, -0.25) is 9.69 Å². The normalized spacial score (nSPS) is 18.5. The quantitative estimate of drug-likeness (QED) is 0.892. The minimum atomic E-state index is -0.368. The fourth-order valence-electron chi connectivity index (χ4n) is 3.21. The third kappa shape index (κ3) is 3.51. The van der Waals surface area contributed by atoms with Crippen LogP contribution in [0.1, 0.15) is 31.0 Å². The van der Waals surface area contributed by atoms with E-state index in [1.165, 1.54) is 12.1 Å². The Labute approximate surface area is 139 Å². The molecule has 0 spiro atoms.